The number of carbonyl (C=O) groups is 2. The molecule has 1 aliphatic heterocycles. The summed E-state index contributed by atoms with van der Waals surface area (Å²) >= 11 is 0. The molecule has 0 aromatic heterocycles. The number of likely N-dealkylation sites (tertiary alicyclic amines) is 1. The second-order valence-electron chi connectivity index (χ2n) is 4.76. The Kier molecular flexibility index (Phi) is 3.48. The molecule has 1 fully saturated rings. The van der Waals surface area contributed by atoms with Crippen LogP contribution < -0.4 is 0 Å². The lowest BCUT2D eigenvalue weighted by Crippen LogP contribution is -2.33. The number of benzene rings is 1. The van der Waals surface area contributed by atoms with Crippen molar-refractivity contribution in [3.05, 3.63) is 34.9 Å². The molecule has 1 heterocycles. The number of hydrogen-bond donors (Lipinski definition) is 1. The average Bonchev–Trinajstić information content (AvgIpc) is 2.64. The molecule has 1 atom stereocenters. The highest BCUT2D eigenvalue weighted by atomic mass is 16.3. The second-order valence-corrected chi connectivity index (χ2v) is 4.76. The number of amides is 2. The Morgan fingerprint density at radius 2 is 1.78 bits per heavy atom. The van der Waals surface area contributed by atoms with E-state index in [9.17, 15) is 14.7 Å². The van der Waals surface area contributed by atoms with E-state index in [0.717, 1.165) is 21.6 Å². The summed E-state index contributed by atoms with van der Waals surface area (Å²) in [6.45, 7) is 4.02. The Balaban J connectivity index is 2.11. The van der Waals surface area contributed by atoms with Crippen LogP contribution in [0.2, 0.25) is 0 Å². The lowest BCUT2D eigenvalue weighted by atomic mass is 10.0. The number of nitrogens with zero attached hydrogens (tertiary/aromatic N) is 1. The summed E-state index contributed by atoms with van der Waals surface area (Å²) in [5.41, 5.74) is 2.98. The molecule has 4 heteroatoms. The highest BCUT2D eigenvalue weighted by Crippen LogP contribution is 2.21. The average molecular weight is 247 g/mol. The van der Waals surface area contributed by atoms with Crippen LogP contribution in [0.3, 0.4) is 0 Å². The van der Waals surface area contributed by atoms with Crippen molar-refractivity contribution in [1.82, 2.24) is 4.90 Å². The topological polar surface area (TPSA) is 57.6 Å². The zero-order valence-corrected chi connectivity index (χ0v) is 10.6. The van der Waals surface area contributed by atoms with Crippen LogP contribution in [0.4, 0.5) is 0 Å². The minimum atomic E-state index is -0.810. The summed E-state index contributed by atoms with van der Waals surface area (Å²) in [5, 5.41) is 10.1. The number of aliphatic hydroxyl groups excluding tert-OH is 1. The SMILES string of the molecule is Cc1ccc(C(O)CN2C(=O)CCC2=O)cc1C. The third-order valence-corrected chi connectivity index (χ3v) is 3.43. The molecule has 1 saturated heterocycles. The van der Waals surface area contributed by atoms with E-state index in [-0.39, 0.29) is 31.2 Å². The Morgan fingerprint density at radius 3 is 2.33 bits per heavy atom. The van der Waals surface area contributed by atoms with Gasteiger partial charge in [-0.25, -0.2) is 0 Å². The number of aliphatic hydroxyl groups is 1. The molecule has 1 unspecified atom stereocenters. The van der Waals surface area contributed by atoms with Crippen LogP contribution in [0.25, 0.3) is 0 Å². The van der Waals surface area contributed by atoms with E-state index >= 15 is 0 Å². The number of carbonyl (C=O) groups excluding carboxylic acids is 2. The molecule has 18 heavy (non-hydrogen) atoms. The van der Waals surface area contributed by atoms with Crippen molar-refractivity contribution in [2.75, 3.05) is 6.54 Å². The van der Waals surface area contributed by atoms with Crippen LogP contribution in [0, 0.1) is 13.8 Å². The summed E-state index contributed by atoms with van der Waals surface area (Å²) in [5.74, 6) is -0.384. The third-order valence-electron chi connectivity index (χ3n) is 3.43. The van der Waals surface area contributed by atoms with Gasteiger partial charge in [-0.05, 0) is 30.5 Å². The smallest absolute Gasteiger partial charge is 0.229 e. The van der Waals surface area contributed by atoms with Gasteiger partial charge >= 0.3 is 0 Å². The summed E-state index contributed by atoms with van der Waals surface area (Å²) < 4.78 is 0. The third kappa shape index (κ3) is 2.43. The molecule has 2 rings (SSSR count). The van der Waals surface area contributed by atoms with Crippen LogP contribution >= 0.6 is 0 Å². The standard InChI is InChI=1S/C14H17NO3/c1-9-3-4-11(7-10(9)2)12(16)8-15-13(17)5-6-14(15)18/h3-4,7,12,16H,5-6,8H2,1-2H3. The first-order chi connectivity index (χ1) is 8.49. The van der Waals surface area contributed by atoms with Crippen LogP contribution in [-0.4, -0.2) is 28.4 Å². The summed E-state index contributed by atoms with van der Waals surface area (Å²) in [7, 11) is 0. The molecule has 0 aliphatic carbocycles. The molecule has 4 nitrogen and oxygen atoms in total. The number of β-amino-alcohol motifs (C(OH)–C–C–N with tert-alkyl or cyclic N) is 1. The van der Waals surface area contributed by atoms with Crippen molar-refractivity contribution in [2.24, 2.45) is 0 Å². The van der Waals surface area contributed by atoms with Gasteiger partial charge < -0.3 is 5.11 Å². The first-order valence-corrected chi connectivity index (χ1v) is 6.07. The largest absolute Gasteiger partial charge is 0.387 e. The normalized spacial score (nSPS) is 17.4. The van der Waals surface area contributed by atoms with Gasteiger partial charge in [-0.3, -0.25) is 14.5 Å². The Bertz CT molecular complexity index is 480. The molecule has 0 bridgehead atoms. The van der Waals surface area contributed by atoms with Crippen molar-refractivity contribution >= 4 is 11.8 Å². The van der Waals surface area contributed by atoms with E-state index in [1.807, 2.05) is 32.0 Å². The molecular formula is C14H17NO3. The number of rotatable bonds is 3. The maximum Gasteiger partial charge on any atom is 0.229 e. The van der Waals surface area contributed by atoms with Gasteiger partial charge in [-0.1, -0.05) is 18.2 Å². The quantitative estimate of drug-likeness (QED) is 0.823. The fourth-order valence-electron chi connectivity index (χ4n) is 2.08. The highest BCUT2D eigenvalue weighted by Gasteiger charge is 2.30. The minimum Gasteiger partial charge on any atom is -0.387 e. The molecule has 0 spiro atoms. The predicted octanol–water partition coefficient (Wildman–Crippen LogP) is 1.49. The molecule has 1 aromatic carbocycles. The van der Waals surface area contributed by atoms with Crippen LogP contribution in [-0.2, 0) is 9.59 Å². The van der Waals surface area contributed by atoms with Gasteiger partial charge in [0.2, 0.25) is 11.8 Å². The Hall–Kier alpha value is -1.68. The second kappa shape index (κ2) is 4.90. The molecule has 1 aliphatic rings. The van der Waals surface area contributed by atoms with E-state index in [4.69, 9.17) is 0 Å². The van der Waals surface area contributed by atoms with Gasteiger partial charge in [-0.2, -0.15) is 0 Å². The number of imide groups is 1. The minimum absolute atomic E-state index is 0.0557. The zero-order chi connectivity index (χ0) is 13.3. The molecule has 96 valence electrons. The zero-order valence-electron chi connectivity index (χ0n) is 10.6. The predicted molar refractivity (Wildman–Crippen MR) is 66.8 cm³/mol. The van der Waals surface area contributed by atoms with E-state index < -0.39 is 6.10 Å². The molecule has 1 N–H and O–H groups in total. The van der Waals surface area contributed by atoms with Gasteiger partial charge in [0.15, 0.2) is 0 Å². The van der Waals surface area contributed by atoms with Crippen LogP contribution in [0.1, 0.15) is 35.6 Å². The van der Waals surface area contributed by atoms with E-state index in [1.54, 1.807) is 0 Å². The fourth-order valence-corrected chi connectivity index (χ4v) is 2.08. The van der Waals surface area contributed by atoms with Crippen molar-refractivity contribution in [3.8, 4) is 0 Å². The Morgan fingerprint density at radius 1 is 1.17 bits per heavy atom. The van der Waals surface area contributed by atoms with Crippen molar-refractivity contribution in [1.29, 1.82) is 0 Å². The van der Waals surface area contributed by atoms with E-state index in [2.05, 4.69) is 0 Å². The fraction of sp³-hybridized carbons (Fsp3) is 0.429. The molecular weight excluding hydrogens is 230 g/mol. The lowest BCUT2D eigenvalue weighted by Gasteiger charge is -2.19. The summed E-state index contributed by atoms with van der Waals surface area (Å²) in [4.78, 5) is 24.1. The maximum atomic E-state index is 11.5. The van der Waals surface area contributed by atoms with Gasteiger partial charge in [0.25, 0.3) is 0 Å². The summed E-state index contributed by atoms with van der Waals surface area (Å²) in [6.07, 6.45) is -0.285. The van der Waals surface area contributed by atoms with E-state index in [1.165, 1.54) is 0 Å². The number of hydrogen-bond acceptors (Lipinski definition) is 3. The maximum absolute atomic E-state index is 11.5. The van der Waals surface area contributed by atoms with Crippen molar-refractivity contribution < 1.29 is 14.7 Å². The highest BCUT2D eigenvalue weighted by molar-refractivity contribution is 6.01. The summed E-state index contributed by atoms with van der Waals surface area (Å²) in [6, 6.07) is 5.66. The van der Waals surface area contributed by atoms with Crippen LogP contribution in [0.15, 0.2) is 18.2 Å². The molecule has 1 aromatic rings. The molecule has 2 amide bonds. The van der Waals surface area contributed by atoms with Crippen molar-refractivity contribution in [3.63, 3.8) is 0 Å². The monoisotopic (exact) mass is 247 g/mol. The van der Waals surface area contributed by atoms with Crippen molar-refractivity contribution in [2.45, 2.75) is 32.8 Å². The number of aryl methyl sites for hydroxylation is 2. The first kappa shape index (κ1) is 12.8. The van der Waals surface area contributed by atoms with E-state index in [0.29, 0.717) is 0 Å². The lowest BCUT2D eigenvalue weighted by molar-refractivity contribution is -0.140. The first-order valence-electron chi connectivity index (χ1n) is 6.07. The van der Waals surface area contributed by atoms with Gasteiger partial charge in [0, 0.05) is 12.8 Å². The molecule has 0 radical (unpaired) electrons. The van der Waals surface area contributed by atoms with Gasteiger partial charge in [0.05, 0.1) is 12.6 Å². The van der Waals surface area contributed by atoms with Gasteiger partial charge in [0.1, 0.15) is 0 Å². The van der Waals surface area contributed by atoms with Gasteiger partial charge in [-0.15, -0.1) is 0 Å². The van der Waals surface area contributed by atoms with Crippen LogP contribution in [0.5, 0.6) is 0 Å². The Labute approximate surface area is 106 Å². The molecule has 0 saturated carbocycles.